The molecule has 0 spiro atoms. The Kier molecular flexibility index (Phi) is 7.04. The minimum absolute atomic E-state index is 0.0621. The molecule has 28 heavy (non-hydrogen) atoms. The molecule has 1 aliphatic rings. The fourth-order valence-electron chi connectivity index (χ4n) is 3.84. The number of piperidine rings is 1. The van der Waals surface area contributed by atoms with Gasteiger partial charge < -0.3 is 15.0 Å². The van der Waals surface area contributed by atoms with Crippen molar-refractivity contribution >= 4 is 5.91 Å². The van der Waals surface area contributed by atoms with E-state index >= 15 is 0 Å². The van der Waals surface area contributed by atoms with Gasteiger partial charge in [-0.15, -0.1) is 0 Å². The molecule has 1 atom stereocenters. The Morgan fingerprint density at radius 1 is 1.21 bits per heavy atom. The van der Waals surface area contributed by atoms with Crippen LogP contribution in [0.1, 0.15) is 43.2 Å². The summed E-state index contributed by atoms with van der Waals surface area (Å²) in [6.45, 7) is 4.20. The van der Waals surface area contributed by atoms with Gasteiger partial charge in [-0.1, -0.05) is 43.3 Å². The third kappa shape index (κ3) is 4.90. The van der Waals surface area contributed by atoms with Gasteiger partial charge in [-0.2, -0.15) is 0 Å². The molecule has 150 valence electrons. The van der Waals surface area contributed by atoms with E-state index in [9.17, 15) is 9.18 Å². The predicted molar refractivity (Wildman–Crippen MR) is 109 cm³/mol. The van der Waals surface area contributed by atoms with Crippen LogP contribution in [0.15, 0.2) is 48.5 Å². The maximum absolute atomic E-state index is 13.8. The molecule has 4 nitrogen and oxygen atoms in total. The zero-order chi connectivity index (χ0) is 19.9. The van der Waals surface area contributed by atoms with Crippen LogP contribution in [0.25, 0.3) is 0 Å². The summed E-state index contributed by atoms with van der Waals surface area (Å²) in [7, 11) is 1.46. The van der Waals surface area contributed by atoms with Crippen LogP contribution in [-0.2, 0) is 11.3 Å². The van der Waals surface area contributed by atoms with Crippen LogP contribution in [0.2, 0.25) is 0 Å². The summed E-state index contributed by atoms with van der Waals surface area (Å²) in [4.78, 5) is 15.0. The van der Waals surface area contributed by atoms with E-state index in [4.69, 9.17) is 4.74 Å². The van der Waals surface area contributed by atoms with Crippen LogP contribution in [0, 0.1) is 5.82 Å². The second-order valence-electron chi connectivity index (χ2n) is 7.32. The third-order valence-electron chi connectivity index (χ3n) is 5.53. The molecule has 1 heterocycles. The molecule has 0 aromatic heterocycles. The van der Waals surface area contributed by atoms with Crippen LogP contribution in [0.5, 0.6) is 5.75 Å². The number of carbonyl (C=O) groups excluding carboxylic acids is 1. The fourth-order valence-corrected chi connectivity index (χ4v) is 3.84. The molecule has 1 amide bonds. The molecule has 1 fully saturated rings. The molecule has 0 radical (unpaired) electrons. The van der Waals surface area contributed by atoms with Crippen molar-refractivity contribution in [1.82, 2.24) is 10.2 Å². The number of rotatable bonds is 7. The topological polar surface area (TPSA) is 41.6 Å². The van der Waals surface area contributed by atoms with Gasteiger partial charge in [0.05, 0.1) is 13.0 Å². The van der Waals surface area contributed by atoms with Gasteiger partial charge in [0.15, 0.2) is 11.6 Å². The van der Waals surface area contributed by atoms with Crippen molar-refractivity contribution in [3.05, 3.63) is 65.5 Å². The first-order chi connectivity index (χ1) is 13.6. The first kappa shape index (κ1) is 20.3. The molecule has 2 aromatic rings. The van der Waals surface area contributed by atoms with Gasteiger partial charge in [-0.25, -0.2) is 4.39 Å². The smallest absolute Gasteiger partial charge is 0.230 e. The summed E-state index contributed by atoms with van der Waals surface area (Å²) in [5.74, 6) is 0.0885. The second kappa shape index (κ2) is 9.69. The number of hydrogen-bond acceptors (Lipinski definition) is 3. The van der Waals surface area contributed by atoms with E-state index in [0.717, 1.165) is 43.5 Å². The molecule has 0 bridgehead atoms. The van der Waals surface area contributed by atoms with Crippen LogP contribution in [0.4, 0.5) is 4.39 Å². The Morgan fingerprint density at radius 2 is 1.93 bits per heavy atom. The molecule has 0 saturated carbocycles. The lowest BCUT2D eigenvalue weighted by molar-refractivity contribution is -0.134. The Labute approximate surface area is 166 Å². The van der Waals surface area contributed by atoms with E-state index in [1.165, 1.54) is 13.2 Å². The van der Waals surface area contributed by atoms with Crippen molar-refractivity contribution in [3.63, 3.8) is 0 Å². The number of amides is 1. The van der Waals surface area contributed by atoms with Crippen molar-refractivity contribution in [1.29, 1.82) is 0 Å². The van der Waals surface area contributed by atoms with Crippen molar-refractivity contribution in [3.8, 4) is 5.75 Å². The molecule has 1 aliphatic heterocycles. The molecule has 1 saturated heterocycles. The van der Waals surface area contributed by atoms with Crippen molar-refractivity contribution in [2.45, 2.75) is 44.7 Å². The van der Waals surface area contributed by atoms with E-state index in [1.54, 1.807) is 6.07 Å². The number of nitrogens with one attached hydrogen (secondary N) is 1. The maximum atomic E-state index is 13.8. The van der Waals surface area contributed by atoms with Crippen molar-refractivity contribution in [2.24, 2.45) is 0 Å². The monoisotopic (exact) mass is 384 g/mol. The molecular formula is C23H29FN2O2. The number of benzene rings is 2. The summed E-state index contributed by atoms with van der Waals surface area (Å²) >= 11 is 0. The molecule has 2 aromatic carbocycles. The Balaban J connectivity index is 1.50. The van der Waals surface area contributed by atoms with E-state index < -0.39 is 0 Å². The van der Waals surface area contributed by atoms with Gasteiger partial charge in [0, 0.05) is 25.7 Å². The number of halogens is 1. The summed E-state index contributed by atoms with van der Waals surface area (Å²) in [6, 6.07) is 15.4. The van der Waals surface area contributed by atoms with Crippen LogP contribution < -0.4 is 10.1 Å². The number of carbonyl (C=O) groups is 1. The minimum Gasteiger partial charge on any atom is -0.494 e. The third-order valence-corrected chi connectivity index (χ3v) is 5.53. The van der Waals surface area contributed by atoms with Gasteiger partial charge in [0.25, 0.3) is 0 Å². The van der Waals surface area contributed by atoms with Crippen LogP contribution in [-0.4, -0.2) is 37.0 Å². The summed E-state index contributed by atoms with van der Waals surface area (Å²) < 4.78 is 18.8. The van der Waals surface area contributed by atoms with Gasteiger partial charge in [0.2, 0.25) is 5.91 Å². The quantitative estimate of drug-likeness (QED) is 0.781. The van der Waals surface area contributed by atoms with E-state index in [2.05, 4.69) is 12.2 Å². The molecular weight excluding hydrogens is 355 g/mol. The number of hydrogen-bond donors (Lipinski definition) is 1. The largest absolute Gasteiger partial charge is 0.494 e. The normalized spacial score (nSPS) is 16.0. The van der Waals surface area contributed by atoms with Gasteiger partial charge in [-0.05, 0) is 42.5 Å². The highest BCUT2D eigenvalue weighted by atomic mass is 19.1. The summed E-state index contributed by atoms with van der Waals surface area (Å²) in [6.07, 6.45) is 2.63. The summed E-state index contributed by atoms with van der Waals surface area (Å²) in [5.41, 5.74) is 1.99. The first-order valence-electron chi connectivity index (χ1n) is 10.0. The Bertz CT molecular complexity index is 773. The van der Waals surface area contributed by atoms with Gasteiger partial charge >= 0.3 is 0 Å². The van der Waals surface area contributed by atoms with Crippen molar-refractivity contribution < 1.29 is 13.9 Å². The fraction of sp³-hybridized carbons (Fsp3) is 0.435. The Hall–Kier alpha value is -2.40. The van der Waals surface area contributed by atoms with Crippen LogP contribution >= 0.6 is 0 Å². The zero-order valence-electron chi connectivity index (χ0n) is 16.7. The number of ether oxygens (including phenoxy) is 1. The highest BCUT2D eigenvalue weighted by Crippen LogP contribution is 2.24. The average molecular weight is 384 g/mol. The lowest BCUT2D eigenvalue weighted by atomic mass is 9.93. The van der Waals surface area contributed by atoms with Gasteiger partial charge in [-0.3, -0.25) is 4.79 Å². The maximum Gasteiger partial charge on any atom is 0.230 e. The predicted octanol–water partition coefficient (Wildman–Crippen LogP) is 4.11. The van der Waals surface area contributed by atoms with Gasteiger partial charge in [0.1, 0.15) is 0 Å². The molecule has 3 rings (SSSR count). The lowest BCUT2D eigenvalue weighted by Crippen LogP contribution is -2.46. The number of nitrogens with zero attached hydrogens (tertiary/aromatic N) is 1. The van der Waals surface area contributed by atoms with E-state index in [1.807, 2.05) is 41.3 Å². The van der Waals surface area contributed by atoms with E-state index in [-0.39, 0.29) is 23.4 Å². The lowest BCUT2D eigenvalue weighted by Gasteiger charge is -2.34. The summed E-state index contributed by atoms with van der Waals surface area (Å²) in [5, 5.41) is 3.49. The Morgan fingerprint density at radius 3 is 2.54 bits per heavy atom. The first-order valence-corrected chi connectivity index (χ1v) is 10.0. The van der Waals surface area contributed by atoms with Crippen LogP contribution in [0.3, 0.4) is 0 Å². The molecule has 1 unspecified atom stereocenters. The SMILES string of the molecule is CCC(C(=O)N1CCC(NCc2ccc(OC)c(F)c2)CC1)c1ccccc1. The number of methoxy groups -OCH3 is 1. The molecule has 1 N–H and O–H groups in total. The standard InChI is InChI=1S/C23H29FN2O2/c1-3-20(18-7-5-4-6-8-18)23(27)26-13-11-19(12-14-26)25-16-17-9-10-22(28-2)21(24)15-17/h4-10,15,19-20,25H,3,11-14,16H2,1-2H3. The highest BCUT2D eigenvalue weighted by molar-refractivity contribution is 5.83. The second-order valence-corrected chi connectivity index (χ2v) is 7.32. The molecule has 5 heteroatoms. The average Bonchev–Trinajstić information content (AvgIpc) is 2.74. The minimum atomic E-state index is -0.339. The van der Waals surface area contributed by atoms with E-state index in [0.29, 0.717) is 12.6 Å². The highest BCUT2D eigenvalue weighted by Gasteiger charge is 2.28. The van der Waals surface area contributed by atoms with Crippen molar-refractivity contribution in [2.75, 3.05) is 20.2 Å². The number of likely N-dealkylation sites (tertiary alicyclic amines) is 1. The zero-order valence-corrected chi connectivity index (χ0v) is 16.7. The molecule has 0 aliphatic carbocycles.